The molecule has 0 saturated carbocycles. The Morgan fingerprint density at radius 2 is 1.73 bits per heavy atom. The van der Waals surface area contributed by atoms with Gasteiger partial charge >= 0.3 is 6.18 Å². The first-order valence-corrected chi connectivity index (χ1v) is 9.63. The lowest BCUT2D eigenvalue weighted by Gasteiger charge is -2.46. The van der Waals surface area contributed by atoms with Gasteiger partial charge in [0.05, 0.1) is 12.6 Å². The lowest BCUT2D eigenvalue weighted by molar-refractivity contribution is -0.271. The van der Waals surface area contributed by atoms with Crippen molar-refractivity contribution in [3.05, 3.63) is 71.3 Å². The number of carbonyl (C=O) groups is 2. The van der Waals surface area contributed by atoms with Crippen LogP contribution >= 0.6 is 0 Å². The first kappa shape index (κ1) is 20.4. The number of methoxy groups -OCH3 is 1. The Morgan fingerprint density at radius 3 is 2.40 bits per heavy atom. The second-order valence-electron chi connectivity index (χ2n) is 7.49. The standard InChI is InChI=1S/C22H21F3N2O3/c1-30-21(22(23,24)25,16-8-3-2-4-9-16)20(29)26-13-18-17-10-6-5-7-15(17)11-12-27(18)19(28)14-26/h2-10,18H,11-14H2,1H3/t18-,21+/m0/s1. The normalized spacial score (nSPS) is 20.9. The molecule has 2 aromatic carbocycles. The Kier molecular flexibility index (Phi) is 5.05. The summed E-state index contributed by atoms with van der Waals surface area (Å²) < 4.78 is 47.7. The summed E-state index contributed by atoms with van der Waals surface area (Å²) in [4.78, 5) is 28.7. The minimum atomic E-state index is -5.01. The van der Waals surface area contributed by atoms with Crippen LogP contribution < -0.4 is 0 Å². The number of hydrogen-bond acceptors (Lipinski definition) is 3. The monoisotopic (exact) mass is 418 g/mol. The Labute approximate surface area is 172 Å². The topological polar surface area (TPSA) is 49.9 Å². The largest absolute Gasteiger partial charge is 0.430 e. The van der Waals surface area contributed by atoms with E-state index in [1.165, 1.54) is 24.3 Å². The summed E-state index contributed by atoms with van der Waals surface area (Å²) >= 11 is 0. The third-order valence-electron chi connectivity index (χ3n) is 5.93. The molecule has 0 radical (unpaired) electrons. The summed E-state index contributed by atoms with van der Waals surface area (Å²) in [6, 6.07) is 13.9. The highest BCUT2D eigenvalue weighted by molar-refractivity contribution is 5.92. The van der Waals surface area contributed by atoms with Crippen molar-refractivity contribution < 1.29 is 27.5 Å². The number of benzene rings is 2. The maximum absolute atomic E-state index is 14.3. The van der Waals surface area contributed by atoms with Crippen molar-refractivity contribution in [3.63, 3.8) is 0 Å². The van der Waals surface area contributed by atoms with Gasteiger partial charge in [0.2, 0.25) is 5.91 Å². The fourth-order valence-corrected chi connectivity index (χ4v) is 4.45. The third-order valence-corrected chi connectivity index (χ3v) is 5.93. The fourth-order valence-electron chi connectivity index (χ4n) is 4.45. The molecule has 158 valence electrons. The van der Waals surface area contributed by atoms with Gasteiger partial charge in [-0.2, -0.15) is 13.2 Å². The molecule has 8 heteroatoms. The molecule has 0 aromatic heterocycles. The smallest absolute Gasteiger partial charge is 0.356 e. The van der Waals surface area contributed by atoms with E-state index >= 15 is 0 Å². The van der Waals surface area contributed by atoms with E-state index in [0.717, 1.165) is 23.1 Å². The van der Waals surface area contributed by atoms with Crippen molar-refractivity contribution in [3.8, 4) is 0 Å². The number of piperazine rings is 1. The summed E-state index contributed by atoms with van der Waals surface area (Å²) in [6.07, 6.45) is -4.33. The average Bonchev–Trinajstić information content (AvgIpc) is 2.74. The Morgan fingerprint density at radius 1 is 1.07 bits per heavy atom. The van der Waals surface area contributed by atoms with Crippen LogP contribution in [-0.4, -0.2) is 54.5 Å². The van der Waals surface area contributed by atoms with Gasteiger partial charge in [-0.05, 0) is 17.5 Å². The molecule has 2 heterocycles. The molecule has 30 heavy (non-hydrogen) atoms. The van der Waals surface area contributed by atoms with Gasteiger partial charge in [0.15, 0.2) is 0 Å². The third kappa shape index (κ3) is 3.06. The molecule has 2 atom stereocenters. The molecule has 2 aromatic rings. The van der Waals surface area contributed by atoms with Crippen molar-refractivity contribution in [1.82, 2.24) is 9.80 Å². The van der Waals surface area contributed by atoms with Crippen LogP contribution in [0.3, 0.4) is 0 Å². The van der Waals surface area contributed by atoms with Crippen LogP contribution in [0.2, 0.25) is 0 Å². The molecular weight excluding hydrogens is 397 g/mol. The zero-order valence-corrected chi connectivity index (χ0v) is 16.4. The van der Waals surface area contributed by atoms with E-state index in [1.54, 1.807) is 11.0 Å². The van der Waals surface area contributed by atoms with Gasteiger partial charge < -0.3 is 14.5 Å². The quantitative estimate of drug-likeness (QED) is 0.770. The molecule has 2 amide bonds. The van der Waals surface area contributed by atoms with Crippen LogP contribution in [0, 0.1) is 0 Å². The molecule has 1 fully saturated rings. The van der Waals surface area contributed by atoms with E-state index in [2.05, 4.69) is 0 Å². The molecule has 1 saturated heterocycles. The molecule has 2 aliphatic rings. The number of amides is 2. The number of fused-ring (bicyclic) bond motifs is 3. The van der Waals surface area contributed by atoms with Gasteiger partial charge in [-0.25, -0.2) is 0 Å². The summed E-state index contributed by atoms with van der Waals surface area (Å²) in [7, 11) is 0.867. The minimum Gasteiger partial charge on any atom is -0.356 e. The second-order valence-corrected chi connectivity index (χ2v) is 7.49. The minimum absolute atomic E-state index is 0.0182. The van der Waals surface area contributed by atoms with Crippen LogP contribution in [-0.2, 0) is 26.3 Å². The summed E-state index contributed by atoms with van der Waals surface area (Å²) in [5.41, 5.74) is -1.59. The van der Waals surface area contributed by atoms with E-state index in [1.807, 2.05) is 24.3 Å². The average molecular weight is 418 g/mol. The van der Waals surface area contributed by atoms with Crippen LogP contribution in [0.4, 0.5) is 13.2 Å². The van der Waals surface area contributed by atoms with Crippen LogP contribution in [0.1, 0.15) is 22.7 Å². The number of halogens is 3. The first-order chi connectivity index (χ1) is 14.3. The van der Waals surface area contributed by atoms with E-state index in [0.29, 0.717) is 13.0 Å². The van der Waals surface area contributed by atoms with E-state index in [-0.39, 0.29) is 18.0 Å². The van der Waals surface area contributed by atoms with Crippen LogP contribution in [0.25, 0.3) is 0 Å². The molecular formula is C22H21F3N2O3. The van der Waals surface area contributed by atoms with E-state index in [9.17, 15) is 22.8 Å². The highest BCUT2D eigenvalue weighted by Crippen LogP contribution is 2.44. The van der Waals surface area contributed by atoms with Crippen molar-refractivity contribution in [2.24, 2.45) is 0 Å². The highest BCUT2D eigenvalue weighted by atomic mass is 19.4. The number of rotatable bonds is 3. The molecule has 0 unspecified atom stereocenters. The molecule has 5 nitrogen and oxygen atoms in total. The Balaban J connectivity index is 1.74. The van der Waals surface area contributed by atoms with Crippen LogP contribution in [0.15, 0.2) is 54.6 Å². The summed E-state index contributed by atoms with van der Waals surface area (Å²) in [6.45, 7) is 0.0526. The lowest BCUT2D eigenvalue weighted by Crippen LogP contribution is -2.62. The summed E-state index contributed by atoms with van der Waals surface area (Å²) in [5.74, 6) is -1.64. The van der Waals surface area contributed by atoms with Gasteiger partial charge in [-0.1, -0.05) is 54.6 Å². The number of carbonyl (C=O) groups excluding carboxylic acids is 2. The van der Waals surface area contributed by atoms with Gasteiger partial charge in [-0.3, -0.25) is 9.59 Å². The second kappa shape index (κ2) is 7.43. The number of nitrogens with zero attached hydrogens (tertiary/aromatic N) is 2. The Bertz CT molecular complexity index is 964. The van der Waals surface area contributed by atoms with Gasteiger partial charge in [0.25, 0.3) is 11.5 Å². The predicted molar refractivity (Wildman–Crippen MR) is 102 cm³/mol. The van der Waals surface area contributed by atoms with Crippen molar-refractivity contribution in [2.75, 3.05) is 26.7 Å². The molecule has 0 spiro atoms. The van der Waals surface area contributed by atoms with E-state index in [4.69, 9.17) is 4.74 Å². The van der Waals surface area contributed by atoms with Crippen molar-refractivity contribution in [2.45, 2.75) is 24.2 Å². The van der Waals surface area contributed by atoms with E-state index < -0.39 is 30.3 Å². The van der Waals surface area contributed by atoms with Gasteiger partial charge in [-0.15, -0.1) is 0 Å². The molecule has 2 aliphatic heterocycles. The fraction of sp³-hybridized carbons (Fsp3) is 0.364. The molecule has 0 aliphatic carbocycles. The van der Waals surface area contributed by atoms with Crippen LogP contribution in [0.5, 0.6) is 0 Å². The molecule has 0 N–H and O–H groups in total. The number of alkyl halides is 3. The Hall–Kier alpha value is -2.87. The summed E-state index contributed by atoms with van der Waals surface area (Å²) in [5, 5.41) is 0. The maximum Gasteiger partial charge on any atom is 0.430 e. The SMILES string of the molecule is CO[C@@](C(=O)N1CC(=O)N2CCc3ccccc3[C@@H]2C1)(c1ccccc1)C(F)(F)F. The highest BCUT2D eigenvalue weighted by Gasteiger charge is 2.64. The molecule has 4 rings (SSSR count). The zero-order chi connectivity index (χ0) is 21.5. The zero-order valence-electron chi connectivity index (χ0n) is 16.4. The van der Waals surface area contributed by atoms with Crippen molar-refractivity contribution in [1.29, 1.82) is 0 Å². The lowest BCUT2D eigenvalue weighted by atomic mass is 9.88. The van der Waals surface area contributed by atoms with Gasteiger partial charge in [0.1, 0.15) is 0 Å². The molecule has 0 bridgehead atoms. The number of ether oxygens (including phenoxy) is 1. The first-order valence-electron chi connectivity index (χ1n) is 9.63. The predicted octanol–water partition coefficient (Wildman–Crippen LogP) is 3.06. The number of hydrogen-bond donors (Lipinski definition) is 0. The van der Waals surface area contributed by atoms with Gasteiger partial charge in [0, 0.05) is 25.8 Å². The van der Waals surface area contributed by atoms with Crippen molar-refractivity contribution >= 4 is 11.8 Å². The maximum atomic E-state index is 14.3.